The summed E-state index contributed by atoms with van der Waals surface area (Å²) in [6.45, 7) is 0.677. The fraction of sp³-hybridized carbons (Fsp3) is 0.323. The summed E-state index contributed by atoms with van der Waals surface area (Å²) in [7, 11) is 0. The number of alkyl halides is 3. The lowest BCUT2D eigenvalue weighted by Crippen LogP contribution is -2.18. The molecule has 1 saturated heterocycles. The summed E-state index contributed by atoms with van der Waals surface area (Å²) in [5, 5.41) is 6.56. The zero-order valence-electron chi connectivity index (χ0n) is 22.4. The first-order valence-corrected chi connectivity index (χ1v) is 13.5. The lowest BCUT2D eigenvalue weighted by molar-refractivity contribution is -0.140. The molecule has 1 amide bonds. The number of aryl methyl sites for hydroxylation is 1. The molecule has 1 aliphatic rings. The molecule has 10 heteroatoms. The predicted octanol–water partition coefficient (Wildman–Crippen LogP) is 6.07. The van der Waals surface area contributed by atoms with Crippen LogP contribution in [-0.2, 0) is 17.7 Å². The van der Waals surface area contributed by atoms with Crippen molar-refractivity contribution in [3.05, 3.63) is 84.1 Å². The lowest BCUT2D eigenvalue weighted by atomic mass is 9.92. The number of halogens is 3. The number of carbonyl (C=O) groups is 1. The van der Waals surface area contributed by atoms with E-state index in [9.17, 15) is 18.0 Å². The van der Waals surface area contributed by atoms with Crippen LogP contribution in [-0.4, -0.2) is 46.4 Å². The zero-order chi connectivity index (χ0) is 28.7. The summed E-state index contributed by atoms with van der Waals surface area (Å²) >= 11 is 0. The summed E-state index contributed by atoms with van der Waals surface area (Å²) in [6.07, 6.45) is 4.32. The van der Waals surface area contributed by atoms with E-state index in [1.807, 2.05) is 12.1 Å². The summed E-state index contributed by atoms with van der Waals surface area (Å²) in [6, 6.07) is 14.0. The van der Waals surface area contributed by atoms with Crippen LogP contribution in [0.25, 0.3) is 10.9 Å². The Kier molecular flexibility index (Phi) is 8.85. The van der Waals surface area contributed by atoms with Crippen molar-refractivity contribution >= 4 is 28.2 Å². The van der Waals surface area contributed by atoms with E-state index in [0.717, 1.165) is 49.8 Å². The van der Waals surface area contributed by atoms with Crippen LogP contribution in [0.4, 0.5) is 24.5 Å². The molecular formula is C31H30F3N5O2. The minimum atomic E-state index is -4.38. The average Bonchev–Trinajstić information content (AvgIpc) is 3.30. The fourth-order valence-corrected chi connectivity index (χ4v) is 4.88. The van der Waals surface area contributed by atoms with Crippen LogP contribution >= 0.6 is 0 Å². The van der Waals surface area contributed by atoms with E-state index in [2.05, 4.69) is 32.4 Å². The van der Waals surface area contributed by atoms with Crippen LogP contribution in [0.3, 0.4) is 0 Å². The molecule has 0 bridgehead atoms. The molecule has 0 aliphatic carbocycles. The molecule has 7 nitrogen and oxygen atoms in total. The molecule has 0 spiro atoms. The molecular weight excluding hydrogens is 531 g/mol. The first-order chi connectivity index (χ1) is 19.8. The summed E-state index contributed by atoms with van der Waals surface area (Å²) < 4.78 is 46.9. The zero-order valence-corrected chi connectivity index (χ0v) is 22.4. The lowest BCUT2D eigenvalue weighted by Gasteiger charge is -2.21. The van der Waals surface area contributed by atoms with Gasteiger partial charge in [0.1, 0.15) is 12.2 Å². The highest BCUT2D eigenvalue weighted by atomic mass is 19.4. The van der Waals surface area contributed by atoms with Gasteiger partial charge in [0.15, 0.2) is 0 Å². The molecule has 0 atom stereocenters. The molecule has 1 fully saturated rings. The molecule has 41 heavy (non-hydrogen) atoms. The number of benzene rings is 1. The molecule has 4 heterocycles. The summed E-state index contributed by atoms with van der Waals surface area (Å²) in [5.41, 5.74) is 3.41. The van der Waals surface area contributed by atoms with Crippen molar-refractivity contribution in [2.45, 2.75) is 38.4 Å². The van der Waals surface area contributed by atoms with Gasteiger partial charge in [0.2, 0.25) is 0 Å². The number of nitrogens with zero attached hydrogens (tertiary/aromatic N) is 3. The van der Waals surface area contributed by atoms with Gasteiger partial charge in [-0.25, -0.2) is 4.98 Å². The third-order valence-corrected chi connectivity index (χ3v) is 7.02. The Hall–Kier alpha value is -4.36. The molecule has 0 saturated carbocycles. The topological polar surface area (TPSA) is 81.1 Å². The van der Waals surface area contributed by atoms with Crippen LogP contribution in [0.2, 0.25) is 0 Å². The van der Waals surface area contributed by atoms with E-state index in [1.165, 1.54) is 10.8 Å². The Morgan fingerprint density at radius 2 is 1.85 bits per heavy atom. The molecule has 1 aliphatic heterocycles. The standard InChI is InChI=1S/C31H30F3N5O2/c32-31(33,34)21-39-27(19-24-18-23(5-8-29(24)39)4-3-22-11-16-41-17-12-22)2-1-13-36-26-6-7-28(37-20-26)30(40)38-25-9-14-35-15-10-25/h5-10,14-15,18-20,22,36H,3-4,11-13,16-17,21H2,(H,35,38,40). The van der Waals surface area contributed by atoms with Crippen LogP contribution in [0.1, 0.15) is 41.0 Å². The molecule has 212 valence electrons. The molecule has 3 aromatic heterocycles. The van der Waals surface area contributed by atoms with E-state index in [1.54, 1.807) is 48.8 Å². The largest absolute Gasteiger partial charge is 0.406 e. The molecule has 1 aromatic carbocycles. The molecule has 5 rings (SSSR count). The van der Waals surface area contributed by atoms with Gasteiger partial charge in [0, 0.05) is 42.2 Å². The second kappa shape index (κ2) is 12.9. The Bertz CT molecular complexity index is 1530. The van der Waals surface area contributed by atoms with Gasteiger partial charge in [-0.1, -0.05) is 12.0 Å². The van der Waals surface area contributed by atoms with Crippen LogP contribution in [0.5, 0.6) is 0 Å². The monoisotopic (exact) mass is 561 g/mol. The maximum Gasteiger partial charge on any atom is 0.406 e. The van der Waals surface area contributed by atoms with E-state index in [0.29, 0.717) is 28.5 Å². The van der Waals surface area contributed by atoms with Gasteiger partial charge in [-0.15, -0.1) is 0 Å². The van der Waals surface area contributed by atoms with Crippen molar-refractivity contribution < 1.29 is 22.7 Å². The molecule has 4 aromatic rings. The quantitative estimate of drug-likeness (QED) is 0.255. The Balaban J connectivity index is 1.24. The van der Waals surface area contributed by atoms with E-state index in [4.69, 9.17) is 4.74 Å². The van der Waals surface area contributed by atoms with Crippen molar-refractivity contribution in [2.24, 2.45) is 5.92 Å². The second-order valence-electron chi connectivity index (χ2n) is 10.00. The minimum Gasteiger partial charge on any atom is -0.381 e. The van der Waals surface area contributed by atoms with Crippen molar-refractivity contribution in [1.29, 1.82) is 0 Å². The van der Waals surface area contributed by atoms with Gasteiger partial charge < -0.3 is 19.9 Å². The number of hydrogen-bond donors (Lipinski definition) is 2. The highest BCUT2D eigenvalue weighted by Crippen LogP contribution is 2.28. The number of rotatable bonds is 8. The van der Waals surface area contributed by atoms with Crippen LogP contribution < -0.4 is 10.6 Å². The average molecular weight is 562 g/mol. The number of amides is 1. The number of ether oxygens (including phenoxy) is 1. The fourth-order valence-electron chi connectivity index (χ4n) is 4.88. The van der Waals surface area contributed by atoms with Gasteiger partial charge in [-0.05, 0) is 85.5 Å². The highest BCUT2D eigenvalue weighted by Gasteiger charge is 2.29. The first kappa shape index (κ1) is 28.2. The third kappa shape index (κ3) is 7.86. The molecule has 2 N–H and O–H groups in total. The third-order valence-electron chi connectivity index (χ3n) is 7.02. The van der Waals surface area contributed by atoms with Gasteiger partial charge in [-0.2, -0.15) is 13.2 Å². The van der Waals surface area contributed by atoms with E-state index in [-0.39, 0.29) is 18.1 Å². The predicted molar refractivity (Wildman–Crippen MR) is 152 cm³/mol. The van der Waals surface area contributed by atoms with Crippen molar-refractivity contribution in [3.63, 3.8) is 0 Å². The normalized spacial score (nSPS) is 13.9. The number of pyridine rings is 2. The minimum absolute atomic E-state index is 0.189. The summed E-state index contributed by atoms with van der Waals surface area (Å²) in [4.78, 5) is 20.4. The molecule has 0 radical (unpaired) electrons. The number of fused-ring (bicyclic) bond motifs is 1. The number of hydrogen-bond acceptors (Lipinski definition) is 5. The smallest absolute Gasteiger partial charge is 0.381 e. The first-order valence-electron chi connectivity index (χ1n) is 13.5. The van der Waals surface area contributed by atoms with Gasteiger partial charge >= 0.3 is 6.18 Å². The van der Waals surface area contributed by atoms with Crippen molar-refractivity contribution in [1.82, 2.24) is 14.5 Å². The van der Waals surface area contributed by atoms with E-state index >= 15 is 0 Å². The number of carbonyl (C=O) groups excluding carboxylic acids is 1. The maximum absolute atomic E-state index is 13.4. The second-order valence-corrected chi connectivity index (χ2v) is 10.00. The van der Waals surface area contributed by atoms with Crippen LogP contribution in [0.15, 0.2) is 67.1 Å². The highest BCUT2D eigenvalue weighted by molar-refractivity contribution is 6.02. The Labute approximate surface area is 236 Å². The van der Waals surface area contributed by atoms with Crippen molar-refractivity contribution in [3.8, 4) is 11.8 Å². The Morgan fingerprint density at radius 3 is 2.59 bits per heavy atom. The number of anilines is 2. The molecule has 0 unspecified atom stereocenters. The maximum atomic E-state index is 13.4. The van der Waals surface area contributed by atoms with Gasteiger partial charge in [-0.3, -0.25) is 9.78 Å². The van der Waals surface area contributed by atoms with Gasteiger partial charge in [0.05, 0.1) is 24.1 Å². The SMILES string of the molecule is O=C(Nc1ccncc1)c1ccc(NCC#Cc2cc3cc(CCC4CCOCC4)ccc3n2CC(F)(F)F)cn1. The van der Waals surface area contributed by atoms with Crippen molar-refractivity contribution in [2.75, 3.05) is 30.4 Å². The van der Waals surface area contributed by atoms with E-state index < -0.39 is 12.7 Å². The Morgan fingerprint density at radius 1 is 1.05 bits per heavy atom. The number of aromatic nitrogens is 3. The van der Waals surface area contributed by atoms with Gasteiger partial charge in [0.25, 0.3) is 5.91 Å². The summed E-state index contributed by atoms with van der Waals surface area (Å²) in [5.74, 6) is 6.09. The van der Waals surface area contributed by atoms with Crippen LogP contribution in [0, 0.1) is 17.8 Å². The number of nitrogens with one attached hydrogen (secondary N) is 2.